The van der Waals surface area contributed by atoms with Crippen molar-refractivity contribution < 1.29 is 9.59 Å². The van der Waals surface area contributed by atoms with Crippen LogP contribution in [0.4, 0.5) is 0 Å². The summed E-state index contributed by atoms with van der Waals surface area (Å²) >= 11 is 0. The highest BCUT2D eigenvalue weighted by atomic mass is 16.2. The average Bonchev–Trinajstić information content (AvgIpc) is 2.36. The standard InChI is InChI=1S/C16H22N2O2/c19-14-2-1-13(15(20)18-14)9-17-16-6-10-3-11(7-16)5-12(4-10)8-16/h1,10-12,17H,2-9H2,(H,18,19,20). The molecule has 4 heteroatoms. The van der Waals surface area contributed by atoms with Crippen LogP contribution in [-0.4, -0.2) is 23.9 Å². The molecule has 1 aliphatic heterocycles. The Balaban J connectivity index is 1.44. The van der Waals surface area contributed by atoms with Crippen LogP contribution in [0.2, 0.25) is 0 Å². The van der Waals surface area contributed by atoms with Gasteiger partial charge in [0.2, 0.25) is 5.91 Å². The monoisotopic (exact) mass is 274 g/mol. The minimum Gasteiger partial charge on any atom is -0.307 e. The van der Waals surface area contributed by atoms with Crippen LogP contribution in [0, 0.1) is 17.8 Å². The van der Waals surface area contributed by atoms with E-state index in [0.29, 0.717) is 13.0 Å². The van der Waals surface area contributed by atoms with Crippen molar-refractivity contribution >= 4 is 11.8 Å². The molecule has 4 bridgehead atoms. The molecule has 0 aromatic carbocycles. The van der Waals surface area contributed by atoms with Gasteiger partial charge in [0.1, 0.15) is 0 Å². The predicted octanol–water partition coefficient (Wildman–Crippen LogP) is 1.52. The number of carbonyl (C=O) groups excluding carboxylic acids is 2. The molecule has 0 spiro atoms. The first-order valence-electron chi connectivity index (χ1n) is 7.90. The van der Waals surface area contributed by atoms with E-state index in [9.17, 15) is 9.59 Å². The topological polar surface area (TPSA) is 58.2 Å². The first-order chi connectivity index (χ1) is 9.62. The smallest absolute Gasteiger partial charge is 0.254 e. The predicted molar refractivity (Wildman–Crippen MR) is 74.8 cm³/mol. The molecule has 5 rings (SSSR count). The zero-order chi connectivity index (χ0) is 13.7. The summed E-state index contributed by atoms with van der Waals surface area (Å²) in [4.78, 5) is 22.9. The highest BCUT2D eigenvalue weighted by Crippen LogP contribution is 2.55. The molecule has 0 atom stereocenters. The van der Waals surface area contributed by atoms with Crippen molar-refractivity contribution in [1.29, 1.82) is 0 Å². The van der Waals surface area contributed by atoms with Crippen LogP contribution in [-0.2, 0) is 9.59 Å². The highest BCUT2D eigenvalue weighted by Gasteiger charge is 2.50. The molecule has 0 aromatic rings. The number of hydrogen-bond acceptors (Lipinski definition) is 3. The zero-order valence-corrected chi connectivity index (χ0v) is 11.8. The SMILES string of the molecule is O=C1CC=C(CNC23CC4CC(CC(C4)C2)C3)C(=O)N1. The Bertz CT molecular complexity index is 459. The van der Waals surface area contributed by atoms with Gasteiger partial charge in [0.15, 0.2) is 0 Å². The van der Waals surface area contributed by atoms with Gasteiger partial charge in [-0.2, -0.15) is 0 Å². The Morgan fingerprint density at radius 3 is 2.25 bits per heavy atom. The van der Waals surface area contributed by atoms with E-state index < -0.39 is 0 Å². The fourth-order valence-electron chi connectivity index (χ4n) is 5.33. The van der Waals surface area contributed by atoms with Gasteiger partial charge >= 0.3 is 0 Å². The van der Waals surface area contributed by atoms with E-state index in [0.717, 1.165) is 23.3 Å². The molecule has 4 saturated carbocycles. The van der Waals surface area contributed by atoms with Crippen molar-refractivity contribution in [3.63, 3.8) is 0 Å². The van der Waals surface area contributed by atoms with Gasteiger partial charge in [-0.1, -0.05) is 6.08 Å². The van der Waals surface area contributed by atoms with Gasteiger partial charge in [0, 0.05) is 24.1 Å². The third-order valence-electron chi connectivity index (χ3n) is 5.77. The maximum absolute atomic E-state index is 11.8. The third kappa shape index (κ3) is 2.10. The first kappa shape index (κ1) is 12.6. The van der Waals surface area contributed by atoms with E-state index in [4.69, 9.17) is 0 Å². The van der Waals surface area contributed by atoms with Crippen LogP contribution >= 0.6 is 0 Å². The maximum Gasteiger partial charge on any atom is 0.254 e. The fourth-order valence-corrected chi connectivity index (χ4v) is 5.33. The molecule has 4 nitrogen and oxygen atoms in total. The number of amides is 2. The molecular weight excluding hydrogens is 252 g/mol. The molecule has 0 radical (unpaired) electrons. The molecule has 108 valence electrons. The van der Waals surface area contributed by atoms with E-state index >= 15 is 0 Å². The Kier molecular flexibility index (Phi) is 2.78. The number of hydrogen-bond donors (Lipinski definition) is 2. The van der Waals surface area contributed by atoms with Gasteiger partial charge < -0.3 is 5.32 Å². The molecule has 0 unspecified atom stereocenters. The van der Waals surface area contributed by atoms with Crippen molar-refractivity contribution in [3.8, 4) is 0 Å². The molecule has 4 aliphatic carbocycles. The third-order valence-corrected chi connectivity index (χ3v) is 5.77. The first-order valence-corrected chi connectivity index (χ1v) is 7.90. The fraction of sp³-hybridized carbons (Fsp3) is 0.750. The quantitative estimate of drug-likeness (QED) is 0.767. The summed E-state index contributed by atoms with van der Waals surface area (Å²) in [6, 6.07) is 0. The lowest BCUT2D eigenvalue weighted by Crippen LogP contribution is -2.59. The molecule has 0 saturated heterocycles. The van der Waals surface area contributed by atoms with Crippen molar-refractivity contribution in [2.75, 3.05) is 6.54 Å². The molecular formula is C16H22N2O2. The number of nitrogens with one attached hydrogen (secondary N) is 2. The number of carbonyl (C=O) groups is 2. The molecule has 5 aliphatic rings. The van der Waals surface area contributed by atoms with E-state index in [2.05, 4.69) is 10.6 Å². The summed E-state index contributed by atoms with van der Waals surface area (Å²) in [6.45, 7) is 0.616. The minimum absolute atomic E-state index is 0.187. The summed E-state index contributed by atoms with van der Waals surface area (Å²) in [5, 5.41) is 6.10. The highest BCUT2D eigenvalue weighted by molar-refractivity contribution is 6.07. The van der Waals surface area contributed by atoms with Gasteiger partial charge in [-0.25, -0.2) is 0 Å². The normalized spacial score (nSPS) is 42.6. The van der Waals surface area contributed by atoms with E-state index in [-0.39, 0.29) is 17.4 Å². The van der Waals surface area contributed by atoms with Crippen LogP contribution < -0.4 is 10.6 Å². The second kappa shape index (κ2) is 4.42. The minimum atomic E-state index is -0.210. The van der Waals surface area contributed by atoms with Crippen LogP contribution in [0.1, 0.15) is 44.9 Å². The molecule has 20 heavy (non-hydrogen) atoms. The maximum atomic E-state index is 11.8. The summed E-state index contributed by atoms with van der Waals surface area (Å²) in [7, 11) is 0. The van der Waals surface area contributed by atoms with Crippen LogP contribution in [0.3, 0.4) is 0 Å². The van der Waals surface area contributed by atoms with Crippen molar-refractivity contribution in [3.05, 3.63) is 11.6 Å². The summed E-state index contributed by atoms with van der Waals surface area (Å²) in [5.74, 6) is 2.32. The lowest BCUT2D eigenvalue weighted by molar-refractivity contribution is -0.128. The van der Waals surface area contributed by atoms with E-state index in [1.54, 1.807) is 6.08 Å². The van der Waals surface area contributed by atoms with E-state index in [1.165, 1.54) is 38.5 Å². The molecule has 0 aromatic heterocycles. The zero-order valence-electron chi connectivity index (χ0n) is 11.8. The van der Waals surface area contributed by atoms with Gasteiger partial charge in [0.25, 0.3) is 5.91 Å². The van der Waals surface area contributed by atoms with Gasteiger partial charge in [-0.15, -0.1) is 0 Å². The lowest BCUT2D eigenvalue weighted by atomic mass is 9.53. The van der Waals surface area contributed by atoms with E-state index in [1.807, 2.05) is 0 Å². The largest absolute Gasteiger partial charge is 0.307 e. The number of imide groups is 1. The molecule has 4 fully saturated rings. The lowest BCUT2D eigenvalue weighted by Gasteiger charge is -2.57. The Labute approximate surface area is 119 Å². The van der Waals surface area contributed by atoms with Gasteiger partial charge in [0.05, 0.1) is 0 Å². The Morgan fingerprint density at radius 2 is 1.70 bits per heavy atom. The van der Waals surface area contributed by atoms with Gasteiger partial charge in [-0.3, -0.25) is 14.9 Å². The second-order valence-corrected chi connectivity index (χ2v) is 7.36. The summed E-state index contributed by atoms with van der Waals surface area (Å²) in [6.07, 6.45) is 10.3. The molecule has 2 N–H and O–H groups in total. The van der Waals surface area contributed by atoms with Crippen LogP contribution in [0.15, 0.2) is 11.6 Å². The summed E-state index contributed by atoms with van der Waals surface area (Å²) in [5.41, 5.74) is 1.01. The average molecular weight is 274 g/mol. The van der Waals surface area contributed by atoms with Crippen molar-refractivity contribution in [1.82, 2.24) is 10.6 Å². The van der Waals surface area contributed by atoms with Crippen LogP contribution in [0.25, 0.3) is 0 Å². The number of rotatable bonds is 3. The molecule has 1 heterocycles. The Morgan fingerprint density at radius 1 is 1.10 bits per heavy atom. The molecule has 2 amide bonds. The van der Waals surface area contributed by atoms with Crippen LogP contribution in [0.5, 0.6) is 0 Å². The summed E-state index contributed by atoms with van der Waals surface area (Å²) < 4.78 is 0. The van der Waals surface area contributed by atoms with Crippen molar-refractivity contribution in [2.24, 2.45) is 17.8 Å². The Hall–Kier alpha value is -1.16. The van der Waals surface area contributed by atoms with Crippen molar-refractivity contribution in [2.45, 2.75) is 50.5 Å². The second-order valence-electron chi connectivity index (χ2n) is 7.36. The van der Waals surface area contributed by atoms with Gasteiger partial charge in [-0.05, 0) is 56.3 Å².